The zero-order chi connectivity index (χ0) is 30.6. The fourth-order valence-electron chi connectivity index (χ4n) is 7.33. The highest BCUT2D eigenvalue weighted by Gasteiger charge is 2.42. The molecule has 43 heavy (non-hydrogen) atoms. The van der Waals surface area contributed by atoms with Crippen LogP contribution in [0.2, 0.25) is 0 Å². The summed E-state index contributed by atoms with van der Waals surface area (Å²) in [5.74, 6) is -0.761. The Balaban J connectivity index is 1.42. The van der Waals surface area contributed by atoms with Crippen molar-refractivity contribution in [2.75, 3.05) is 80.9 Å². The van der Waals surface area contributed by atoms with Gasteiger partial charge in [0.2, 0.25) is 0 Å². The number of methoxy groups -OCH3 is 4. The Morgan fingerprint density at radius 1 is 0.698 bits per heavy atom. The fraction of sp³-hybridized carbons (Fsp3) is 0.938. The molecule has 2 aliphatic heterocycles. The predicted molar refractivity (Wildman–Crippen MR) is 160 cm³/mol. The first-order valence-corrected chi connectivity index (χ1v) is 16.5. The minimum atomic E-state index is -0.284. The molecule has 0 spiro atoms. The summed E-state index contributed by atoms with van der Waals surface area (Å²) in [5.41, 5.74) is 0. The van der Waals surface area contributed by atoms with Crippen molar-refractivity contribution in [1.29, 1.82) is 0 Å². The van der Waals surface area contributed by atoms with Crippen molar-refractivity contribution < 1.29 is 42.7 Å². The van der Waals surface area contributed by atoms with E-state index in [0.717, 1.165) is 84.2 Å². The Morgan fingerprint density at radius 2 is 1.42 bits per heavy atom. The molecule has 0 radical (unpaired) electrons. The average molecular weight is 613 g/mol. The molecule has 4 aliphatic rings. The lowest BCUT2D eigenvalue weighted by atomic mass is 9.83. The Bertz CT molecular complexity index is 848. The molecule has 2 heterocycles. The molecule has 11 nitrogen and oxygen atoms in total. The molecular weight excluding hydrogens is 556 g/mol. The first-order chi connectivity index (χ1) is 20.9. The van der Waals surface area contributed by atoms with Crippen molar-refractivity contribution in [3.05, 3.63) is 0 Å². The van der Waals surface area contributed by atoms with E-state index >= 15 is 0 Å². The van der Waals surface area contributed by atoms with Gasteiger partial charge in [-0.1, -0.05) is 0 Å². The van der Waals surface area contributed by atoms with E-state index in [1.54, 1.807) is 28.4 Å². The van der Waals surface area contributed by atoms with Gasteiger partial charge in [0.15, 0.2) is 0 Å². The molecule has 0 aromatic carbocycles. The Morgan fingerprint density at radius 3 is 2.14 bits per heavy atom. The summed E-state index contributed by atoms with van der Waals surface area (Å²) in [7, 11) is 6.70. The largest absolute Gasteiger partial charge is 0.465 e. The second-order valence-corrected chi connectivity index (χ2v) is 12.7. The maximum absolute atomic E-state index is 13.4. The molecule has 0 amide bonds. The summed E-state index contributed by atoms with van der Waals surface area (Å²) in [6.07, 6.45) is 6.40. The van der Waals surface area contributed by atoms with Gasteiger partial charge in [-0.3, -0.25) is 9.59 Å². The van der Waals surface area contributed by atoms with E-state index in [4.69, 9.17) is 33.2 Å². The van der Waals surface area contributed by atoms with Gasteiger partial charge in [0.1, 0.15) is 12.2 Å². The fourth-order valence-corrected chi connectivity index (χ4v) is 7.33. The van der Waals surface area contributed by atoms with Gasteiger partial charge in [-0.15, -0.1) is 0 Å². The second kappa shape index (κ2) is 18.0. The molecule has 10 unspecified atom stereocenters. The van der Waals surface area contributed by atoms with Crippen LogP contribution < -0.4 is 0 Å². The van der Waals surface area contributed by atoms with Crippen molar-refractivity contribution in [1.82, 2.24) is 9.80 Å². The highest BCUT2D eigenvalue weighted by Crippen LogP contribution is 2.32. The monoisotopic (exact) mass is 612 g/mol. The normalized spacial score (nSPS) is 39.0. The molecule has 4 rings (SSSR count). The van der Waals surface area contributed by atoms with Crippen LogP contribution in [0.1, 0.15) is 64.2 Å². The summed E-state index contributed by atoms with van der Waals surface area (Å²) in [5, 5.41) is 0. The summed E-state index contributed by atoms with van der Waals surface area (Å²) in [6, 6.07) is 0. The van der Waals surface area contributed by atoms with Crippen LogP contribution in [0.15, 0.2) is 0 Å². The summed E-state index contributed by atoms with van der Waals surface area (Å²) >= 11 is 0. The summed E-state index contributed by atoms with van der Waals surface area (Å²) in [6.45, 7) is 6.78. The van der Waals surface area contributed by atoms with Crippen LogP contribution in [0.4, 0.5) is 0 Å². The van der Waals surface area contributed by atoms with Crippen molar-refractivity contribution in [2.45, 2.75) is 101 Å². The number of carbonyl (C=O) groups is 2. The molecule has 4 bridgehead atoms. The molecule has 0 N–H and O–H groups in total. The lowest BCUT2D eigenvalue weighted by Crippen LogP contribution is -2.49. The highest BCUT2D eigenvalue weighted by atomic mass is 16.6. The van der Waals surface area contributed by atoms with E-state index in [-0.39, 0.29) is 60.4 Å². The standard InChI is InChI=1S/C32H56N2O9/c1-37-26-10-9-23(20-27(26)38-2)32(36)43-25-8-5-18-41-29-22-24(21-28(39-3)30(29)40-4)31(35)42-19-7-14-33-12-6-13-34(15-11-25)17-16-33/h23-30H,5-22H2,1-4H3. The highest BCUT2D eigenvalue weighted by molar-refractivity contribution is 5.73. The van der Waals surface area contributed by atoms with Crippen molar-refractivity contribution >= 4 is 11.9 Å². The first kappa shape index (κ1) is 34.5. The third-order valence-electron chi connectivity index (χ3n) is 9.94. The maximum atomic E-state index is 13.4. The Kier molecular flexibility index (Phi) is 14.4. The van der Waals surface area contributed by atoms with Crippen molar-refractivity contribution in [2.24, 2.45) is 11.8 Å². The molecule has 2 saturated carbocycles. The number of nitrogens with zero attached hydrogens (tertiary/aromatic N) is 2. The molecule has 0 aromatic heterocycles. The number of esters is 2. The van der Waals surface area contributed by atoms with Crippen LogP contribution in [0.3, 0.4) is 0 Å². The number of hydrogen-bond acceptors (Lipinski definition) is 11. The van der Waals surface area contributed by atoms with Gasteiger partial charge >= 0.3 is 11.9 Å². The summed E-state index contributed by atoms with van der Waals surface area (Å²) < 4.78 is 41.0. The average Bonchev–Trinajstić information content (AvgIpc) is 3.27. The van der Waals surface area contributed by atoms with Gasteiger partial charge in [-0.05, 0) is 77.3 Å². The zero-order valence-corrected chi connectivity index (χ0v) is 26.9. The Hall–Kier alpha value is -1.34. The Labute approximate surface area is 258 Å². The number of ether oxygens (including phenoxy) is 7. The van der Waals surface area contributed by atoms with Crippen molar-refractivity contribution in [3.8, 4) is 0 Å². The molecule has 2 saturated heterocycles. The number of hydrogen-bond donors (Lipinski definition) is 0. The molecule has 248 valence electrons. The van der Waals surface area contributed by atoms with Gasteiger partial charge < -0.3 is 43.0 Å². The number of fused-ring (bicyclic) bond motifs is 5. The van der Waals surface area contributed by atoms with Gasteiger partial charge in [0.05, 0.1) is 42.9 Å². The van der Waals surface area contributed by atoms with E-state index in [0.29, 0.717) is 32.5 Å². The van der Waals surface area contributed by atoms with E-state index in [1.807, 2.05) is 0 Å². The third kappa shape index (κ3) is 10.1. The van der Waals surface area contributed by atoms with Gasteiger partial charge in [0.25, 0.3) is 0 Å². The molecular formula is C32H56N2O9. The molecule has 2 aliphatic carbocycles. The topological polar surface area (TPSA) is 105 Å². The SMILES string of the molecule is COC1CCC(C(=O)OC2CCCOC3CC(CC(OC)C3OC)C(=O)OCCCN3CCCN(CC2)CC3)CC1OC. The third-order valence-corrected chi connectivity index (χ3v) is 9.94. The van der Waals surface area contributed by atoms with Crippen LogP contribution in [-0.2, 0) is 42.7 Å². The van der Waals surface area contributed by atoms with Gasteiger partial charge in [0, 0.05) is 61.2 Å². The number of carbonyl (C=O) groups excluding carboxylic acids is 2. The van der Waals surface area contributed by atoms with Crippen LogP contribution in [0.5, 0.6) is 0 Å². The first-order valence-electron chi connectivity index (χ1n) is 16.5. The molecule has 11 heteroatoms. The minimum Gasteiger partial charge on any atom is -0.465 e. The van der Waals surface area contributed by atoms with Gasteiger partial charge in [-0.2, -0.15) is 0 Å². The van der Waals surface area contributed by atoms with Crippen LogP contribution >= 0.6 is 0 Å². The van der Waals surface area contributed by atoms with Crippen LogP contribution in [-0.4, -0.2) is 139 Å². The van der Waals surface area contributed by atoms with Crippen LogP contribution in [0, 0.1) is 11.8 Å². The number of cyclic esters (lactones) is 1. The number of rotatable bonds is 6. The van der Waals surface area contributed by atoms with E-state index < -0.39 is 0 Å². The van der Waals surface area contributed by atoms with Gasteiger partial charge in [-0.25, -0.2) is 0 Å². The quantitative estimate of drug-likeness (QED) is 0.414. The maximum Gasteiger partial charge on any atom is 0.309 e. The lowest BCUT2D eigenvalue weighted by molar-refractivity contribution is -0.172. The second-order valence-electron chi connectivity index (χ2n) is 12.7. The minimum absolute atomic E-state index is 0.0177. The van der Waals surface area contributed by atoms with Crippen LogP contribution in [0.25, 0.3) is 0 Å². The smallest absolute Gasteiger partial charge is 0.309 e. The molecule has 0 aromatic rings. The van der Waals surface area contributed by atoms with Crippen molar-refractivity contribution in [3.63, 3.8) is 0 Å². The van der Waals surface area contributed by atoms with E-state index in [2.05, 4.69) is 9.80 Å². The molecule has 4 fully saturated rings. The van der Waals surface area contributed by atoms with E-state index in [9.17, 15) is 9.59 Å². The van der Waals surface area contributed by atoms with E-state index in [1.165, 1.54) is 0 Å². The lowest BCUT2D eigenvalue weighted by Gasteiger charge is -2.39. The summed E-state index contributed by atoms with van der Waals surface area (Å²) in [4.78, 5) is 31.4. The zero-order valence-electron chi connectivity index (χ0n) is 26.9. The molecule has 10 atom stereocenters. The predicted octanol–water partition coefficient (Wildman–Crippen LogP) is 2.68.